The van der Waals surface area contributed by atoms with Crippen LogP contribution in [0.15, 0.2) is 18.2 Å². The highest BCUT2D eigenvalue weighted by molar-refractivity contribution is 5.39. The number of halogens is 3. The van der Waals surface area contributed by atoms with E-state index in [1.165, 1.54) is 6.07 Å². The lowest BCUT2D eigenvalue weighted by Gasteiger charge is -2.28. The van der Waals surface area contributed by atoms with Gasteiger partial charge in [-0.25, -0.2) is 0 Å². The van der Waals surface area contributed by atoms with E-state index in [2.05, 4.69) is 6.92 Å². The third-order valence-electron chi connectivity index (χ3n) is 3.84. The van der Waals surface area contributed by atoms with Gasteiger partial charge in [-0.3, -0.25) is 0 Å². The van der Waals surface area contributed by atoms with Crippen molar-refractivity contribution in [2.75, 3.05) is 0 Å². The molecule has 0 amide bonds. The number of benzene rings is 1. The van der Waals surface area contributed by atoms with Gasteiger partial charge in [-0.15, -0.1) is 0 Å². The first-order valence-electron chi connectivity index (χ1n) is 6.97. The third kappa shape index (κ3) is 3.66. The number of rotatable bonds is 3. The average molecular weight is 287 g/mol. The first kappa shape index (κ1) is 15.2. The van der Waals surface area contributed by atoms with Crippen LogP contribution in [0.3, 0.4) is 0 Å². The van der Waals surface area contributed by atoms with Crippen molar-refractivity contribution < 1.29 is 17.9 Å². The summed E-state index contributed by atoms with van der Waals surface area (Å²) < 4.78 is 44.8. The molecule has 0 aromatic heterocycles. The summed E-state index contributed by atoms with van der Waals surface area (Å²) in [6, 6.07) is 4.07. The summed E-state index contributed by atoms with van der Waals surface area (Å²) in [5, 5.41) is 0. The largest absolute Gasteiger partial charge is 0.490 e. The van der Waals surface area contributed by atoms with E-state index in [9.17, 15) is 13.2 Å². The Morgan fingerprint density at radius 2 is 1.85 bits per heavy atom. The maximum Gasteiger partial charge on any atom is 0.419 e. The summed E-state index contributed by atoms with van der Waals surface area (Å²) in [4.78, 5) is 0. The van der Waals surface area contributed by atoms with E-state index < -0.39 is 11.7 Å². The van der Waals surface area contributed by atoms with Gasteiger partial charge in [0, 0.05) is 6.54 Å². The molecule has 1 aromatic rings. The van der Waals surface area contributed by atoms with Crippen LogP contribution in [0.25, 0.3) is 0 Å². The molecule has 0 unspecified atom stereocenters. The predicted octanol–water partition coefficient (Wildman–Crippen LogP) is 4.12. The van der Waals surface area contributed by atoms with Crippen molar-refractivity contribution in [3.8, 4) is 5.75 Å². The molecule has 0 saturated heterocycles. The Balaban J connectivity index is 2.18. The number of hydrogen-bond donors (Lipinski definition) is 1. The molecule has 2 rings (SSSR count). The quantitative estimate of drug-likeness (QED) is 0.907. The maximum atomic E-state index is 13.1. The van der Waals surface area contributed by atoms with Crippen LogP contribution < -0.4 is 10.5 Å². The average Bonchev–Trinajstić information content (AvgIpc) is 2.40. The van der Waals surface area contributed by atoms with Gasteiger partial charge in [-0.05, 0) is 49.3 Å². The summed E-state index contributed by atoms with van der Waals surface area (Å²) in [7, 11) is 0. The van der Waals surface area contributed by atoms with E-state index in [0.717, 1.165) is 31.7 Å². The van der Waals surface area contributed by atoms with Gasteiger partial charge in [0.2, 0.25) is 0 Å². The van der Waals surface area contributed by atoms with E-state index in [-0.39, 0.29) is 18.4 Å². The molecular formula is C15H20F3NO. The van der Waals surface area contributed by atoms with Crippen molar-refractivity contribution in [3.63, 3.8) is 0 Å². The van der Waals surface area contributed by atoms with Gasteiger partial charge >= 0.3 is 6.18 Å². The van der Waals surface area contributed by atoms with E-state index in [1.54, 1.807) is 6.07 Å². The molecule has 0 aliphatic heterocycles. The molecule has 1 saturated carbocycles. The molecule has 1 aliphatic rings. The molecule has 20 heavy (non-hydrogen) atoms. The molecule has 0 atom stereocenters. The molecule has 0 radical (unpaired) electrons. The lowest BCUT2D eigenvalue weighted by atomic mass is 9.89. The second kappa shape index (κ2) is 6.04. The zero-order chi connectivity index (χ0) is 14.8. The molecule has 5 heteroatoms. The van der Waals surface area contributed by atoms with E-state index in [4.69, 9.17) is 10.5 Å². The van der Waals surface area contributed by atoms with Gasteiger partial charge in [-0.2, -0.15) is 13.2 Å². The fourth-order valence-corrected chi connectivity index (χ4v) is 2.56. The number of alkyl halides is 3. The highest BCUT2D eigenvalue weighted by Crippen LogP contribution is 2.38. The summed E-state index contributed by atoms with van der Waals surface area (Å²) in [6.45, 7) is 2.25. The summed E-state index contributed by atoms with van der Waals surface area (Å²) in [5.41, 5.74) is 5.14. The standard InChI is InChI=1S/C15H20F3NO/c1-10-2-5-12(6-3-10)20-14-7-4-11(9-19)8-13(14)15(16,17)18/h4,7-8,10,12H,2-3,5-6,9,19H2,1H3. The topological polar surface area (TPSA) is 35.2 Å². The Bertz CT molecular complexity index is 451. The summed E-state index contributed by atoms with van der Waals surface area (Å²) >= 11 is 0. The van der Waals surface area contributed by atoms with E-state index in [0.29, 0.717) is 11.5 Å². The van der Waals surface area contributed by atoms with Gasteiger partial charge in [0.1, 0.15) is 5.75 Å². The minimum Gasteiger partial charge on any atom is -0.490 e. The van der Waals surface area contributed by atoms with Crippen molar-refractivity contribution in [2.45, 2.75) is 51.4 Å². The van der Waals surface area contributed by atoms with E-state index in [1.807, 2.05) is 0 Å². The van der Waals surface area contributed by atoms with Crippen LogP contribution in [0.5, 0.6) is 5.75 Å². The molecule has 1 aliphatic carbocycles. The SMILES string of the molecule is CC1CCC(Oc2ccc(CN)cc2C(F)(F)F)CC1. The van der Waals surface area contributed by atoms with Crippen molar-refractivity contribution in [2.24, 2.45) is 11.7 Å². The van der Waals surface area contributed by atoms with Crippen LogP contribution in [0.4, 0.5) is 13.2 Å². The molecule has 112 valence electrons. The lowest BCUT2D eigenvalue weighted by Crippen LogP contribution is -2.24. The summed E-state index contributed by atoms with van der Waals surface area (Å²) in [6.07, 6.45) is -0.882. The monoisotopic (exact) mass is 287 g/mol. The minimum atomic E-state index is -4.41. The molecule has 0 heterocycles. The molecule has 2 nitrogen and oxygen atoms in total. The molecule has 0 spiro atoms. The van der Waals surface area contributed by atoms with E-state index >= 15 is 0 Å². The van der Waals surface area contributed by atoms with Crippen LogP contribution in [0.1, 0.15) is 43.7 Å². The highest BCUT2D eigenvalue weighted by atomic mass is 19.4. The zero-order valence-corrected chi connectivity index (χ0v) is 11.5. The molecule has 2 N–H and O–H groups in total. The Labute approximate surface area is 117 Å². The third-order valence-corrected chi connectivity index (χ3v) is 3.84. The first-order chi connectivity index (χ1) is 9.40. The lowest BCUT2D eigenvalue weighted by molar-refractivity contribution is -0.139. The van der Waals surface area contributed by atoms with Crippen LogP contribution in [0.2, 0.25) is 0 Å². The van der Waals surface area contributed by atoms with Gasteiger partial charge in [-0.1, -0.05) is 13.0 Å². The Morgan fingerprint density at radius 3 is 2.40 bits per heavy atom. The molecular weight excluding hydrogens is 267 g/mol. The second-order valence-electron chi connectivity index (χ2n) is 5.53. The second-order valence-corrected chi connectivity index (χ2v) is 5.53. The summed E-state index contributed by atoms with van der Waals surface area (Å²) in [5.74, 6) is 0.561. The Hall–Kier alpha value is -1.23. The van der Waals surface area contributed by atoms with Crippen LogP contribution in [0, 0.1) is 5.92 Å². The highest BCUT2D eigenvalue weighted by Gasteiger charge is 2.35. The van der Waals surface area contributed by atoms with Crippen molar-refractivity contribution in [1.29, 1.82) is 0 Å². The Morgan fingerprint density at radius 1 is 1.20 bits per heavy atom. The molecule has 1 aromatic carbocycles. The molecule has 0 bridgehead atoms. The Kier molecular flexibility index (Phi) is 4.58. The van der Waals surface area contributed by atoms with Crippen molar-refractivity contribution >= 4 is 0 Å². The normalized spacial score (nSPS) is 23.6. The van der Waals surface area contributed by atoms with Crippen LogP contribution >= 0.6 is 0 Å². The van der Waals surface area contributed by atoms with Gasteiger partial charge in [0.25, 0.3) is 0 Å². The van der Waals surface area contributed by atoms with Gasteiger partial charge in [0.05, 0.1) is 11.7 Å². The van der Waals surface area contributed by atoms with Gasteiger partial charge < -0.3 is 10.5 Å². The predicted molar refractivity (Wildman–Crippen MR) is 71.4 cm³/mol. The van der Waals surface area contributed by atoms with Crippen LogP contribution in [-0.2, 0) is 12.7 Å². The number of hydrogen-bond acceptors (Lipinski definition) is 2. The molecule has 1 fully saturated rings. The number of ether oxygens (including phenoxy) is 1. The van der Waals surface area contributed by atoms with Crippen molar-refractivity contribution in [1.82, 2.24) is 0 Å². The minimum absolute atomic E-state index is 0.0748. The first-order valence-corrected chi connectivity index (χ1v) is 6.97. The fourth-order valence-electron chi connectivity index (χ4n) is 2.56. The van der Waals surface area contributed by atoms with Gasteiger partial charge in [0.15, 0.2) is 0 Å². The zero-order valence-electron chi connectivity index (χ0n) is 11.5. The smallest absolute Gasteiger partial charge is 0.419 e. The fraction of sp³-hybridized carbons (Fsp3) is 0.600. The number of nitrogens with two attached hydrogens (primary N) is 1. The van der Waals surface area contributed by atoms with Crippen molar-refractivity contribution in [3.05, 3.63) is 29.3 Å². The van der Waals surface area contributed by atoms with Crippen LogP contribution in [-0.4, -0.2) is 6.10 Å². The maximum absolute atomic E-state index is 13.1.